The number of amides is 2. The topological polar surface area (TPSA) is 203 Å². The number of esters is 2. The van der Waals surface area contributed by atoms with Crippen LogP contribution in [-0.2, 0) is 21.8 Å². The Morgan fingerprint density at radius 1 is 0.519 bits per heavy atom. The predicted molar refractivity (Wildman–Crippen MR) is 231 cm³/mol. The summed E-state index contributed by atoms with van der Waals surface area (Å²) in [5.74, 6) is -23.2. The number of phenols is 1. The maximum absolute atomic E-state index is 15.2. The van der Waals surface area contributed by atoms with Gasteiger partial charge in [0.05, 0.1) is 47.6 Å². The number of benzene rings is 4. The van der Waals surface area contributed by atoms with Crippen molar-refractivity contribution in [2.75, 3.05) is 38.9 Å². The van der Waals surface area contributed by atoms with Gasteiger partial charge in [-0.2, -0.15) is 35.1 Å². The van der Waals surface area contributed by atoms with Crippen LogP contribution < -0.4 is 34.3 Å². The summed E-state index contributed by atoms with van der Waals surface area (Å²) in [6.07, 6.45) is -18.9. The molecule has 79 heavy (non-hydrogen) atoms. The molecule has 0 unspecified atom stereocenters. The summed E-state index contributed by atoms with van der Waals surface area (Å²) in [5, 5.41) is 13.1. The number of rotatable bonds is 12. The molecule has 6 rings (SSSR count). The Labute approximate surface area is 437 Å². The van der Waals surface area contributed by atoms with Crippen molar-refractivity contribution in [1.82, 2.24) is 9.97 Å². The highest BCUT2D eigenvalue weighted by atomic mass is 19.4. The first-order valence-corrected chi connectivity index (χ1v) is 20.0. The fourth-order valence-corrected chi connectivity index (χ4v) is 5.74. The van der Waals surface area contributed by atoms with E-state index in [1.54, 1.807) is 0 Å². The summed E-state index contributed by atoms with van der Waals surface area (Å²) < 4.78 is 294. The normalized spacial score (nSPS) is 12.8. The number of pyridine rings is 2. The summed E-state index contributed by atoms with van der Waals surface area (Å²) in [7, 11) is -4.55. The van der Waals surface area contributed by atoms with Crippen LogP contribution in [0.2, 0.25) is 0 Å². The number of hydrogen-bond donors (Lipinski definition) is 3. The number of anilines is 2. The van der Waals surface area contributed by atoms with Gasteiger partial charge >= 0.3 is 37.0 Å². The Kier molecular flexibility index (Phi) is 16.9. The molecule has 0 spiro atoms. The lowest BCUT2D eigenvalue weighted by Gasteiger charge is -2.18. The molecule has 4 aromatic carbocycles. The van der Waals surface area contributed by atoms with E-state index in [4.69, 9.17) is 18.1 Å². The lowest BCUT2D eigenvalue weighted by Crippen LogP contribution is -2.20. The van der Waals surface area contributed by atoms with Crippen LogP contribution in [0.1, 0.15) is 61.0 Å². The highest BCUT2D eigenvalue weighted by molar-refractivity contribution is 6.07. The quantitative estimate of drug-likeness (QED) is 0.0771. The third-order valence-electron chi connectivity index (χ3n) is 9.03. The molecule has 0 aliphatic rings. The number of hydrogen-bond acceptors (Lipinski definition) is 14. The van der Waals surface area contributed by atoms with Crippen molar-refractivity contribution in [2.24, 2.45) is 0 Å². The first-order valence-electron chi connectivity index (χ1n) is 23.0. The van der Waals surface area contributed by atoms with Gasteiger partial charge in [-0.25, -0.2) is 32.7 Å². The second kappa shape index (κ2) is 25.2. The molecule has 0 atom stereocenters. The highest BCUT2D eigenvalue weighted by Gasteiger charge is 2.40. The van der Waals surface area contributed by atoms with Gasteiger partial charge in [-0.1, -0.05) is 0 Å². The zero-order valence-corrected chi connectivity index (χ0v) is 38.3. The fraction of sp³-hybridized carbons (Fsp3) is 0.174. The van der Waals surface area contributed by atoms with Gasteiger partial charge in [0.1, 0.15) is 34.1 Å². The van der Waals surface area contributed by atoms with Crippen LogP contribution in [-0.4, -0.2) is 79.8 Å². The monoisotopic (exact) mass is 1160 g/mol. The molecule has 2 heterocycles. The number of aromatic hydroxyl groups is 1. The number of nitrogens with zero attached hydrogens (tertiary/aromatic N) is 2. The van der Waals surface area contributed by atoms with Gasteiger partial charge in [0.2, 0.25) is 17.4 Å². The zero-order chi connectivity index (χ0) is 64.5. The van der Waals surface area contributed by atoms with Gasteiger partial charge in [0.25, 0.3) is 11.8 Å². The first kappa shape index (κ1) is 53.1. The van der Waals surface area contributed by atoms with E-state index in [0.717, 1.165) is 44.8 Å². The molecule has 33 heteroatoms. The molecule has 0 aliphatic carbocycles. The minimum Gasteiger partial charge on any atom is -0.504 e. The summed E-state index contributed by atoms with van der Waals surface area (Å²) in [6.45, 7) is 0. The number of phenolic OH excluding ortho intramolecular Hbond substituents is 1. The Morgan fingerprint density at radius 2 is 0.924 bits per heavy atom. The minimum absolute atomic E-state index is 0.114. The Balaban J connectivity index is 0.000000304. The lowest BCUT2D eigenvalue weighted by atomic mass is 10.1. The number of aromatic nitrogens is 2. The fourth-order valence-electron chi connectivity index (χ4n) is 5.74. The predicted octanol–water partition coefficient (Wildman–Crippen LogP) is 12.0. The number of halogens is 17. The van der Waals surface area contributed by atoms with E-state index in [2.05, 4.69) is 38.4 Å². The van der Waals surface area contributed by atoms with Crippen LogP contribution in [0.3, 0.4) is 0 Å². The van der Waals surface area contributed by atoms with Crippen LogP contribution >= 0.6 is 0 Å². The van der Waals surface area contributed by atoms with E-state index in [-0.39, 0.29) is 34.9 Å². The molecule has 0 saturated heterocycles. The van der Waals surface area contributed by atoms with E-state index >= 15 is 4.39 Å². The van der Waals surface area contributed by atoms with Crippen molar-refractivity contribution in [1.29, 1.82) is 0 Å². The summed E-state index contributed by atoms with van der Waals surface area (Å²) in [4.78, 5) is 55.3. The van der Waals surface area contributed by atoms with Gasteiger partial charge < -0.3 is 48.9 Å². The molecule has 0 radical (unpaired) electrons. The largest absolute Gasteiger partial charge is 0.573 e. The molecular weight excluding hydrogens is 1120 g/mol. The average molecular weight is 1160 g/mol. The molecule has 0 saturated carbocycles. The van der Waals surface area contributed by atoms with Crippen molar-refractivity contribution in [3.63, 3.8) is 0 Å². The van der Waals surface area contributed by atoms with Gasteiger partial charge in [-0.05, 0) is 72.8 Å². The molecular formula is C46H29F17N4O12. The second-order valence-electron chi connectivity index (χ2n) is 14.2. The van der Waals surface area contributed by atoms with Crippen molar-refractivity contribution >= 4 is 35.1 Å². The Bertz CT molecular complexity index is 3460. The lowest BCUT2D eigenvalue weighted by molar-refractivity contribution is -0.276. The van der Waals surface area contributed by atoms with Crippen LogP contribution in [0.4, 0.5) is 86.0 Å². The smallest absolute Gasteiger partial charge is 0.504 e. The first-order chi connectivity index (χ1) is 38.9. The molecule has 424 valence electrons. The molecule has 16 nitrogen and oxygen atoms in total. The van der Waals surface area contributed by atoms with Gasteiger partial charge in [0, 0.05) is 23.8 Å². The molecule has 3 N–H and O–H groups in total. The molecule has 2 aromatic heterocycles. The van der Waals surface area contributed by atoms with Crippen LogP contribution in [0, 0.1) is 29.1 Å². The van der Waals surface area contributed by atoms with Gasteiger partial charge in [0.15, 0.2) is 40.4 Å². The summed E-state index contributed by atoms with van der Waals surface area (Å²) >= 11 is 0. The van der Waals surface area contributed by atoms with E-state index in [1.165, 1.54) is 6.07 Å². The van der Waals surface area contributed by atoms with Gasteiger partial charge in [-0.3, -0.25) is 9.59 Å². The van der Waals surface area contributed by atoms with Crippen molar-refractivity contribution in [3.05, 3.63) is 148 Å². The third kappa shape index (κ3) is 16.3. The maximum atomic E-state index is 15.2. The van der Waals surface area contributed by atoms with Crippen LogP contribution in [0.5, 0.6) is 40.2 Å². The third-order valence-corrected chi connectivity index (χ3v) is 9.03. The molecule has 2 amide bonds. The number of methoxy groups -OCH3 is 4. The summed E-state index contributed by atoms with van der Waals surface area (Å²) in [6, 6.07) is 7.15. The van der Waals surface area contributed by atoms with E-state index in [0.29, 0.717) is 36.4 Å². The zero-order valence-electron chi connectivity index (χ0n) is 44.3. The number of alkyl halides is 12. The molecule has 0 aliphatic heterocycles. The molecule has 6 aromatic rings. The maximum Gasteiger partial charge on any atom is 0.573 e. The van der Waals surface area contributed by atoms with Crippen molar-refractivity contribution in [3.8, 4) is 40.2 Å². The number of carbonyl (C=O) groups is 4. The summed E-state index contributed by atoms with van der Waals surface area (Å²) in [5.41, 5.74) is -7.57. The van der Waals surface area contributed by atoms with Crippen molar-refractivity contribution in [2.45, 2.75) is 25.1 Å². The highest BCUT2D eigenvalue weighted by Crippen LogP contribution is 2.43. The molecule has 0 fully saturated rings. The molecule has 0 bridgehead atoms. The number of carbonyl (C=O) groups excluding carboxylic acids is 4. The second-order valence-corrected chi connectivity index (χ2v) is 14.2. The van der Waals surface area contributed by atoms with E-state index in [9.17, 15) is 89.4 Å². The van der Waals surface area contributed by atoms with Crippen molar-refractivity contribution < 1.29 is 140 Å². The SMILES string of the molecule is COC(=O)c1cc(NC(=O)c2c(F)ccc(C(F)(F)F)c2F)ccn1.[2H]C([2H])([2H])Oc1c(O)ccc(OC(F)(F)F)c1F.[2H]C([2H])([2H])Oc1c(Oc2ccc(C(F)(F)F)c(F)c2C(=O)Nc2ccnc(C(=O)OC)c2)ccc(OC(F)(F)F)c1F. The van der Waals surface area contributed by atoms with E-state index in [1.807, 2.05) is 10.6 Å². The Morgan fingerprint density at radius 3 is 1.38 bits per heavy atom. The van der Waals surface area contributed by atoms with Crippen LogP contribution in [0.25, 0.3) is 0 Å². The minimum atomic E-state index is -5.44. The van der Waals surface area contributed by atoms with Crippen LogP contribution in [0.15, 0.2) is 85.2 Å². The number of nitrogens with one attached hydrogen (secondary N) is 2. The average Bonchev–Trinajstić information content (AvgIpc) is 1.28. The number of ether oxygens (including phenoxy) is 7. The van der Waals surface area contributed by atoms with Gasteiger partial charge in [-0.15, -0.1) is 26.3 Å². The Hall–Kier alpha value is -9.33. The standard InChI is InChI=1S/C23H14F8N2O6.C15H9F5N2O3.C8H6F4O3/c1-36-19-15(6-5-14(18(19)25)39-23(29,30)31)38-13-4-3-11(22(26,27)28)17(24)16(13)20(34)33-10-7-8-32-12(9-10)21(35)37-2;1-25-14(24)10-6-7(4-5-21-10)22-13(23)11-9(16)3-2-8(12(11)17)15(18,19)20;1-14-7-4(13)2-3-5(6(7)9)15-8(10,11)12/h3-9H,1-2H3,(H,32,33,34);2-6H,1H3,(H,21,22,23);2-3,13H,1H3/i1D3;;1D3. The van der Waals surface area contributed by atoms with E-state index < -0.39 is 154 Å².